The fourth-order valence-corrected chi connectivity index (χ4v) is 3.55. The molecule has 180 valence electrons. The molecule has 0 radical (unpaired) electrons. The van der Waals surface area contributed by atoms with Crippen molar-refractivity contribution in [2.75, 3.05) is 0 Å². The van der Waals surface area contributed by atoms with Crippen molar-refractivity contribution in [3.63, 3.8) is 0 Å². The number of aliphatic imine (C=N–C) groups is 1. The maximum Gasteiger partial charge on any atom is 0.416 e. The van der Waals surface area contributed by atoms with E-state index in [2.05, 4.69) is 4.99 Å². The largest absolute Gasteiger partial charge is 0.481 e. The first-order valence-electron chi connectivity index (χ1n) is 10.1. The highest BCUT2D eigenvalue weighted by atomic mass is 19.4. The third-order valence-corrected chi connectivity index (χ3v) is 5.07. The highest BCUT2D eigenvalue weighted by Gasteiger charge is 2.46. The lowest BCUT2D eigenvalue weighted by Gasteiger charge is -2.32. The normalized spacial score (nSPS) is 20.1. The van der Waals surface area contributed by atoms with Crippen LogP contribution in [0.25, 0.3) is 0 Å². The molecule has 10 heteroatoms. The van der Waals surface area contributed by atoms with Gasteiger partial charge in [0.05, 0.1) is 16.6 Å². The highest BCUT2D eigenvalue weighted by Crippen LogP contribution is 2.44. The summed E-state index contributed by atoms with van der Waals surface area (Å²) in [7, 11) is 0. The fraction of sp³-hybridized carbons (Fsp3) is 0.478. The molecule has 1 aromatic rings. The van der Waals surface area contributed by atoms with Crippen molar-refractivity contribution in [1.82, 2.24) is 0 Å². The van der Waals surface area contributed by atoms with Crippen LogP contribution in [0.15, 0.2) is 40.5 Å². The Morgan fingerprint density at radius 2 is 1.64 bits per heavy atom. The predicted octanol–water partition coefficient (Wildman–Crippen LogP) is 4.72. The molecule has 0 saturated heterocycles. The lowest BCUT2D eigenvalue weighted by molar-refractivity contribution is -0.188. The summed E-state index contributed by atoms with van der Waals surface area (Å²) in [6.45, 7) is 8.82. The van der Waals surface area contributed by atoms with Crippen LogP contribution >= 0.6 is 0 Å². The number of carboxylic acid groups (broad SMARTS) is 1. The van der Waals surface area contributed by atoms with E-state index in [9.17, 15) is 32.7 Å². The van der Waals surface area contributed by atoms with Crippen LogP contribution in [0.3, 0.4) is 0 Å². The van der Waals surface area contributed by atoms with Gasteiger partial charge >= 0.3 is 24.1 Å². The van der Waals surface area contributed by atoms with Crippen molar-refractivity contribution < 1.29 is 42.1 Å². The van der Waals surface area contributed by atoms with Crippen LogP contribution in [0.4, 0.5) is 13.2 Å². The Morgan fingerprint density at radius 3 is 2.15 bits per heavy atom. The van der Waals surface area contributed by atoms with Gasteiger partial charge in [0.25, 0.3) is 0 Å². The van der Waals surface area contributed by atoms with Gasteiger partial charge in [0.2, 0.25) is 6.29 Å². The summed E-state index contributed by atoms with van der Waals surface area (Å²) in [5, 5.41) is 9.80. The van der Waals surface area contributed by atoms with E-state index in [1.807, 2.05) is 0 Å². The van der Waals surface area contributed by atoms with Gasteiger partial charge in [-0.05, 0) is 46.2 Å². The number of alkyl halides is 3. The molecule has 0 aliphatic carbocycles. The summed E-state index contributed by atoms with van der Waals surface area (Å²) in [6.07, 6.45) is -6.15. The van der Waals surface area contributed by atoms with Crippen molar-refractivity contribution in [3.8, 4) is 0 Å². The van der Waals surface area contributed by atoms with Crippen LogP contribution < -0.4 is 0 Å². The monoisotopic (exact) mass is 469 g/mol. The summed E-state index contributed by atoms with van der Waals surface area (Å²) in [4.78, 5) is 41.3. The number of aliphatic carboxylic acids is 1. The van der Waals surface area contributed by atoms with Crippen molar-refractivity contribution in [2.24, 2.45) is 16.3 Å². The fourth-order valence-electron chi connectivity index (χ4n) is 3.55. The number of hydrogen-bond acceptors (Lipinski definition) is 6. The van der Waals surface area contributed by atoms with E-state index >= 15 is 0 Å². The van der Waals surface area contributed by atoms with Crippen LogP contribution in [0.5, 0.6) is 0 Å². The molecule has 7 nitrogen and oxygen atoms in total. The molecule has 1 aliphatic rings. The molecule has 3 atom stereocenters. The maximum absolute atomic E-state index is 13.8. The van der Waals surface area contributed by atoms with Gasteiger partial charge in [0.1, 0.15) is 5.92 Å². The molecular formula is C23H26F3NO6. The lowest BCUT2D eigenvalue weighted by Crippen LogP contribution is -2.37. The van der Waals surface area contributed by atoms with Crippen molar-refractivity contribution >= 4 is 23.6 Å². The molecule has 2 rings (SSSR count). The number of halogens is 3. The molecule has 1 N–H and O–H groups in total. The van der Waals surface area contributed by atoms with Gasteiger partial charge in [0.15, 0.2) is 0 Å². The number of carbonyl (C=O) groups is 3. The Morgan fingerprint density at radius 1 is 1.06 bits per heavy atom. The zero-order valence-electron chi connectivity index (χ0n) is 19.1. The lowest BCUT2D eigenvalue weighted by atomic mass is 9.74. The Kier molecular flexibility index (Phi) is 7.40. The van der Waals surface area contributed by atoms with E-state index in [0.29, 0.717) is 0 Å². The van der Waals surface area contributed by atoms with Crippen LogP contribution in [0, 0.1) is 11.3 Å². The third kappa shape index (κ3) is 5.80. The summed E-state index contributed by atoms with van der Waals surface area (Å²) < 4.78 is 51.5. The molecule has 0 spiro atoms. The maximum atomic E-state index is 13.8. The number of hydrogen-bond donors (Lipinski definition) is 1. The molecular weight excluding hydrogens is 443 g/mol. The van der Waals surface area contributed by atoms with Crippen molar-refractivity contribution in [2.45, 2.75) is 59.9 Å². The number of nitrogens with zero attached hydrogens (tertiary/aromatic N) is 1. The third-order valence-electron chi connectivity index (χ3n) is 5.07. The number of benzene rings is 1. The van der Waals surface area contributed by atoms with E-state index < -0.39 is 58.8 Å². The first kappa shape index (κ1) is 26.1. The first-order chi connectivity index (χ1) is 15.1. The minimum Gasteiger partial charge on any atom is -0.481 e. The van der Waals surface area contributed by atoms with Crippen molar-refractivity contribution in [3.05, 3.63) is 46.7 Å². The quantitative estimate of drug-likeness (QED) is 0.495. The number of allylic oxidation sites excluding steroid dienone is 1. The summed E-state index contributed by atoms with van der Waals surface area (Å²) in [5.41, 5.74) is -2.62. The number of esters is 2. The minimum absolute atomic E-state index is 0.0197. The zero-order valence-corrected chi connectivity index (χ0v) is 19.1. The van der Waals surface area contributed by atoms with Gasteiger partial charge in [-0.1, -0.05) is 18.2 Å². The number of carbonyl (C=O) groups excluding carboxylic acids is 2. The average molecular weight is 469 g/mol. The van der Waals surface area contributed by atoms with E-state index in [1.54, 1.807) is 20.8 Å². The molecule has 0 bridgehead atoms. The SMILES string of the molecule is CC1=NC(C)=C(C(=O)OC(C)OC(=O)C(C)(C)C)C(c2ccccc2C(F)(F)F)C1C(=O)O. The second-order valence-corrected chi connectivity index (χ2v) is 8.76. The highest BCUT2D eigenvalue weighted by molar-refractivity contribution is 6.06. The van der Waals surface area contributed by atoms with Crippen LogP contribution in [0.2, 0.25) is 0 Å². The molecule has 0 fully saturated rings. The smallest absolute Gasteiger partial charge is 0.416 e. The van der Waals surface area contributed by atoms with E-state index in [-0.39, 0.29) is 17.0 Å². The topological polar surface area (TPSA) is 102 Å². The molecule has 1 aromatic carbocycles. The van der Waals surface area contributed by atoms with E-state index in [0.717, 1.165) is 12.1 Å². The Labute approximate surface area is 189 Å². The molecule has 3 unspecified atom stereocenters. The minimum atomic E-state index is -4.79. The molecule has 0 aromatic heterocycles. The van der Waals surface area contributed by atoms with E-state index in [1.165, 1.54) is 32.9 Å². The van der Waals surface area contributed by atoms with Gasteiger partial charge in [0, 0.05) is 24.3 Å². The summed E-state index contributed by atoms with van der Waals surface area (Å²) in [5.74, 6) is -6.27. The molecule has 0 amide bonds. The van der Waals surface area contributed by atoms with Crippen LogP contribution in [-0.4, -0.2) is 35.0 Å². The zero-order chi connectivity index (χ0) is 25.3. The Hall–Kier alpha value is -3.17. The van der Waals surface area contributed by atoms with Crippen LogP contribution in [0.1, 0.15) is 58.6 Å². The van der Waals surface area contributed by atoms with Gasteiger partial charge in [-0.3, -0.25) is 14.6 Å². The van der Waals surface area contributed by atoms with Gasteiger partial charge < -0.3 is 14.6 Å². The average Bonchev–Trinajstić information content (AvgIpc) is 2.65. The second kappa shape index (κ2) is 9.36. The van der Waals surface area contributed by atoms with Crippen LogP contribution in [-0.2, 0) is 30.0 Å². The first-order valence-corrected chi connectivity index (χ1v) is 10.1. The van der Waals surface area contributed by atoms with Gasteiger partial charge in [-0.25, -0.2) is 4.79 Å². The molecule has 0 saturated carbocycles. The standard InChI is InChI=1S/C23H26F3NO6/c1-11-16(19(28)29)18(14-9-7-8-10-15(14)23(24,25)26)17(12(2)27-11)20(30)32-13(3)33-21(31)22(4,5)6/h7-10,13,16,18H,1-6H3,(H,28,29). The van der Waals surface area contributed by atoms with E-state index in [4.69, 9.17) is 9.47 Å². The molecule has 1 heterocycles. The van der Waals surface area contributed by atoms with Crippen molar-refractivity contribution in [1.29, 1.82) is 0 Å². The Balaban J connectivity index is 2.57. The summed E-state index contributed by atoms with van der Waals surface area (Å²) in [6, 6.07) is 4.46. The second-order valence-electron chi connectivity index (χ2n) is 8.76. The Bertz CT molecular complexity index is 1020. The summed E-state index contributed by atoms with van der Waals surface area (Å²) >= 11 is 0. The predicted molar refractivity (Wildman–Crippen MR) is 112 cm³/mol. The molecule has 1 aliphatic heterocycles. The number of rotatable bonds is 5. The van der Waals surface area contributed by atoms with Gasteiger partial charge in [-0.2, -0.15) is 13.2 Å². The number of ether oxygens (including phenoxy) is 2. The van der Waals surface area contributed by atoms with Gasteiger partial charge in [-0.15, -0.1) is 0 Å². The molecule has 33 heavy (non-hydrogen) atoms. The number of carboxylic acids is 1.